The molecule has 2 aromatic rings. The van der Waals surface area contributed by atoms with E-state index >= 15 is 0 Å². The topological polar surface area (TPSA) is 63.0 Å². The Morgan fingerprint density at radius 3 is 2.39 bits per heavy atom. The first kappa shape index (κ1) is 18.8. The van der Waals surface area contributed by atoms with E-state index < -0.39 is 11.1 Å². The fourth-order valence-electron chi connectivity index (χ4n) is 4.25. The van der Waals surface area contributed by atoms with Crippen LogP contribution in [0.1, 0.15) is 40.2 Å². The highest BCUT2D eigenvalue weighted by atomic mass is 16.6. The van der Waals surface area contributed by atoms with Crippen molar-refractivity contribution in [2.75, 3.05) is 13.1 Å². The summed E-state index contributed by atoms with van der Waals surface area (Å²) >= 11 is 0. The average molecular weight is 383 g/mol. The third-order valence-electron chi connectivity index (χ3n) is 5.81. The first-order chi connectivity index (χ1) is 13.0. The number of rotatable bonds is 3. The van der Waals surface area contributed by atoms with Gasteiger partial charge in [0.2, 0.25) is 5.91 Å². The highest BCUT2D eigenvalue weighted by molar-refractivity contribution is 5.84. The van der Waals surface area contributed by atoms with Gasteiger partial charge in [-0.2, -0.15) is 0 Å². The van der Waals surface area contributed by atoms with E-state index in [1.165, 1.54) is 0 Å². The molecule has 1 aliphatic carbocycles. The molecule has 0 radical (unpaired) electrons. The van der Waals surface area contributed by atoms with Gasteiger partial charge < -0.3 is 19.4 Å². The molecular formula is C22H29N3O3. The van der Waals surface area contributed by atoms with Gasteiger partial charge in [-0.1, -0.05) is 6.07 Å². The maximum Gasteiger partial charge on any atom is 0.410 e. The third-order valence-corrected chi connectivity index (χ3v) is 5.81. The number of amides is 2. The Hall–Kier alpha value is -2.50. The molecule has 4 rings (SSSR count). The van der Waals surface area contributed by atoms with Crippen LogP contribution in [0, 0.1) is 17.8 Å². The molecule has 2 atom stereocenters. The first-order valence-electron chi connectivity index (χ1n) is 9.92. The molecule has 1 N–H and O–H groups in total. The highest BCUT2D eigenvalue weighted by Crippen LogP contribution is 2.52. The van der Waals surface area contributed by atoms with Gasteiger partial charge >= 0.3 is 6.09 Å². The van der Waals surface area contributed by atoms with Gasteiger partial charge in [0.1, 0.15) is 5.60 Å². The molecule has 2 fully saturated rings. The lowest BCUT2D eigenvalue weighted by Gasteiger charge is -2.28. The summed E-state index contributed by atoms with van der Waals surface area (Å²) < 4.78 is 7.50. The fourth-order valence-corrected chi connectivity index (χ4v) is 4.25. The van der Waals surface area contributed by atoms with Crippen LogP contribution < -0.4 is 5.32 Å². The number of aromatic nitrogens is 1. The highest BCUT2D eigenvalue weighted by Gasteiger charge is 2.61. The van der Waals surface area contributed by atoms with E-state index in [-0.39, 0.29) is 29.8 Å². The van der Waals surface area contributed by atoms with E-state index in [4.69, 9.17) is 4.74 Å². The van der Waals surface area contributed by atoms with Crippen molar-refractivity contribution in [2.45, 2.75) is 45.8 Å². The molecule has 1 saturated carbocycles. The Kier molecular flexibility index (Phi) is 4.21. The van der Waals surface area contributed by atoms with Crippen molar-refractivity contribution >= 4 is 17.5 Å². The van der Waals surface area contributed by atoms with E-state index in [0.717, 1.165) is 11.1 Å². The van der Waals surface area contributed by atoms with E-state index in [1.807, 2.05) is 52.9 Å². The Morgan fingerprint density at radius 2 is 1.79 bits per heavy atom. The standard InChI is InChI=1S/C22H29N3O3/c1-21(2,3)28-20(27)25-12-16-17(13-25)18(16)19(26)23-22(4,5)14-10-15-8-6-7-9-24(15)11-14/h6-11,16-18H,12-13H2,1-5H3,(H,23,26). The van der Waals surface area contributed by atoms with Crippen molar-refractivity contribution in [1.82, 2.24) is 14.6 Å². The minimum atomic E-state index is -0.494. The SMILES string of the molecule is CC(C)(C)OC(=O)N1CC2C(C1)C2C(=O)NC(C)(C)c1cc2ccccn2c1. The van der Waals surface area contributed by atoms with Crippen molar-refractivity contribution in [1.29, 1.82) is 0 Å². The minimum Gasteiger partial charge on any atom is -0.444 e. The minimum absolute atomic E-state index is 0.00464. The van der Waals surface area contributed by atoms with Crippen LogP contribution in [0.5, 0.6) is 0 Å². The van der Waals surface area contributed by atoms with Gasteiger partial charge in [-0.3, -0.25) is 4.79 Å². The lowest BCUT2D eigenvalue weighted by Crippen LogP contribution is -2.44. The molecular weight excluding hydrogens is 354 g/mol. The molecule has 150 valence electrons. The molecule has 2 aliphatic rings. The summed E-state index contributed by atoms with van der Waals surface area (Å²) in [6.45, 7) is 10.9. The summed E-state index contributed by atoms with van der Waals surface area (Å²) in [6.07, 6.45) is 3.79. The Bertz CT molecular complexity index is 879. The molecule has 6 heteroatoms. The second-order valence-corrected chi connectivity index (χ2v) is 9.61. The third kappa shape index (κ3) is 3.48. The zero-order valence-electron chi connectivity index (χ0n) is 17.2. The van der Waals surface area contributed by atoms with Crippen molar-refractivity contribution in [3.8, 4) is 0 Å². The Balaban J connectivity index is 1.36. The second kappa shape index (κ2) is 6.26. The number of hydrogen-bond donors (Lipinski definition) is 1. The number of carbonyl (C=O) groups excluding carboxylic acids is 2. The van der Waals surface area contributed by atoms with Crippen molar-refractivity contribution in [2.24, 2.45) is 17.8 Å². The molecule has 1 aliphatic heterocycles. The van der Waals surface area contributed by atoms with Crippen molar-refractivity contribution in [3.63, 3.8) is 0 Å². The predicted molar refractivity (Wildman–Crippen MR) is 107 cm³/mol. The number of carbonyl (C=O) groups is 2. The molecule has 6 nitrogen and oxygen atoms in total. The quantitative estimate of drug-likeness (QED) is 0.884. The Morgan fingerprint density at radius 1 is 1.11 bits per heavy atom. The molecule has 1 saturated heterocycles. The van der Waals surface area contributed by atoms with Crippen molar-refractivity contribution in [3.05, 3.63) is 42.2 Å². The predicted octanol–water partition coefficient (Wildman–Crippen LogP) is 3.40. The summed E-state index contributed by atoms with van der Waals surface area (Å²) in [5.41, 5.74) is 1.24. The zero-order chi connectivity index (χ0) is 20.3. The summed E-state index contributed by atoms with van der Waals surface area (Å²) in [6, 6.07) is 8.16. The summed E-state index contributed by atoms with van der Waals surface area (Å²) in [7, 11) is 0. The number of fused-ring (bicyclic) bond motifs is 2. The molecule has 0 bridgehead atoms. The second-order valence-electron chi connectivity index (χ2n) is 9.61. The van der Waals surface area contributed by atoms with Gasteiger partial charge in [-0.25, -0.2) is 4.79 Å². The van der Waals surface area contributed by atoms with Crippen LogP contribution in [0.2, 0.25) is 0 Å². The summed E-state index contributed by atoms with van der Waals surface area (Å²) in [5, 5.41) is 3.22. The van der Waals surface area contributed by atoms with Crippen LogP contribution in [-0.2, 0) is 15.1 Å². The van der Waals surface area contributed by atoms with Crippen LogP contribution in [0.15, 0.2) is 36.7 Å². The first-order valence-corrected chi connectivity index (χ1v) is 9.92. The number of nitrogens with zero attached hydrogens (tertiary/aromatic N) is 2. The van der Waals surface area contributed by atoms with Gasteiger partial charge in [0.25, 0.3) is 0 Å². The normalized spacial score (nSPS) is 24.2. The Labute approximate surface area is 165 Å². The lowest BCUT2D eigenvalue weighted by atomic mass is 9.96. The molecule has 2 aromatic heterocycles. The number of nitrogens with one attached hydrogen (secondary N) is 1. The van der Waals surface area contributed by atoms with Crippen LogP contribution in [0.25, 0.3) is 5.52 Å². The average Bonchev–Trinajstić information content (AvgIpc) is 2.96. The van der Waals surface area contributed by atoms with Gasteiger partial charge in [0.15, 0.2) is 0 Å². The molecule has 3 heterocycles. The van der Waals surface area contributed by atoms with Crippen LogP contribution in [-0.4, -0.2) is 40.0 Å². The van der Waals surface area contributed by atoms with Crippen LogP contribution in [0.3, 0.4) is 0 Å². The van der Waals surface area contributed by atoms with Crippen molar-refractivity contribution < 1.29 is 14.3 Å². The van der Waals surface area contributed by atoms with E-state index in [2.05, 4.69) is 28.0 Å². The van der Waals surface area contributed by atoms with Gasteiger partial charge in [0, 0.05) is 36.9 Å². The fraction of sp³-hybridized carbons (Fsp3) is 0.545. The molecule has 0 spiro atoms. The van der Waals surface area contributed by atoms with E-state index in [0.29, 0.717) is 13.1 Å². The summed E-state index contributed by atoms with van der Waals surface area (Å²) in [5.74, 6) is 0.571. The number of piperidine rings is 1. The number of ether oxygens (including phenoxy) is 1. The van der Waals surface area contributed by atoms with Crippen LogP contribution >= 0.6 is 0 Å². The van der Waals surface area contributed by atoms with Gasteiger partial charge in [-0.15, -0.1) is 0 Å². The smallest absolute Gasteiger partial charge is 0.410 e. The zero-order valence-corrected chi connectivity index (χ0v) is 17.2. The van der Waals surface area contributed by atoms with E-state index in [1.54, 1.807) is 4.90 Å². The maximum atomic E-state index is 12.9. The van der Waals surface area contributed by atoms with Gasteiger partial charge in [0.05, 0.1) is 5.54 Å². The number of pyridine rings is 1. The monoisotopic (exact) mass is 383 g/mol. The largest absolute Gasteiger partial charge is 0.444 e. The molecule has 2 amide bonds. The molecule has 2 unspecified atom stereocenters. The van der Waals surface area contributed by atoms with Crippen LogP contribution in [0.4, 0.5) is 4.79 Å². The van der Waals surface area contributed by atoms with E-state index in [9.17, 15) is 9.59 Å². The maximum absolute atomic E-state index is 12.9. The van der Waals surface area contributed by atoms with Gasteiger partial charge in [-0.05, 0) is 70.2 Å². The molecule has 28 heavy (non-hydrogen) atoms. The summed E-state index contributed by atoms with van der Waals surface area (Å²) in [4.78, 5) is 26.8. The lowest BCUT2D eigenvalue weighted by molar-refractivity contribution is -0.125. The number of likely N-dealkylation sites (tertiary alicyclic amines) is 1. The number of hydrogen-bond acceptors (Lipinski definition) is 3. The molecule has 0 aromatic carbocycles.